The molecule has 0 aliphatic carbocycles. The minimum absolute atomic E-state index is 0.0212. The first-order valence-corrected chi connectivity index (χ1v) is 11.1. The highest BCUT2D eigenvalue weighted by Crippen LogP contribution is 2.22. The minimum atomic E-state index is -3.08. The number of carbonyl (C=O) groups excluding carboxylic acids is 1. The molecule has 1 amide bonds. The zero-order valence-electron chi connectivity index (χ0n) is 15.2. The molecule has 1 N–H and O–H groups in total. The summed E-state index contributed by atoms with van der Waals surface area (Å²) in [5, 5.41) is 8.94. The van der Waals surface area contributed by atoms with Gasteiger partial charge in [-0.3, -0.25) is 4.79 Å². The summed E-state index contributed by atoms with van der Waals surface area (Å²) in [4.78, 5) is 25.5. The van der Waals surface area contributed by atoms with Crippen molar-refractivity contribution in [2.75, 3.05) is 24.7 Å². The second kappa shape index (κ2) is 8.39. The largest absolute Gasteiger partial charge is 0.478 e. The second-order valence-corrected chi connectivity index (χ2v) is 9.47. The Kier molecular flexibility index (Phi) is 6.16. The Morgan fingerprint density at radius 3 is 2.48 bits per heavy atom. The SMILES string of the molecule is O=C(O)c1ccc(CCC(=O)N(CC2CCCO2)C2CCS(=O)(=O)C2)cc1. The molecule has 2 atom stereocenters. The van der Waals surface area contributed by atoms with Crippen molar-refractivity contribution in [3.63, 3.8) is 0 Å². The van der Waals surface area contributed by atoms with E-state index in [1.807, 2.05) is 0 Å². The van der Waals surface area contributed by atoms with E-state index < -0.39 is 15.8 Å². The maximum Gasteiger partial charge on any atom is 0.335 e. The molecule has 0 saturated carbocycles. The monoisotopic (exact) mass is 395 g/mol. The Bertz CT molecular complexity index is 783. The molecule has 3 rings (SSSR count). The van der Waals surface area contributed by atoms with E-state index in [1.165, 1.54) is 12.1 Å². The number of rotatable bonds is 7. The summed E-state index contributed by atoms with van der Waals surface area (Å²) < 4.78 is 29.4. The molecule has 2 fully saturated rings. The third-order valence-corrected chi connectivity index (χ3v) is 6.97. The van der Waals surface area contributed by atoms with Crippen molar-refractivity contribution in [3.05, 3.63) is 35.4 Å². The summed E-state index contributed by atoms with van der Waals surface area (Å²) in [6.07, 6.45) is 3.06. The molecule has 148 valence electrons. The quantitative estimate of drug-likeness (QED) is 0.751. The third-order valence-electron chi connectivity index (χ3n) is 5.22. The number of carboxylic acids is 1. The molecular formula is C19H25NO6S. The molecule has 2 aliphatic rings. The molecule has 0 aromatic heterocycles. The molecule has 2 heterocycles. The molecule has 1 aromatic carbocycles. The van der Waals surface area contributed by atoms with Crippen LogP contribution in [0.5, 0.6) is 0 Å². The lowest BCUT2D eigenvalue weighted by Crippen LogP contribution is -2.45. The first-order valence-electron chi connectivity index (χ1n) is 9.28. The summed E-state index contributed by atoms with van der Waals surface area (Å²) in [5.74, 6) is -0.903. The molecule has 0 radical (unpaired) electrons. The van der Waals surface area contributed by atoms with Crippen molar-refractivity contribution in [3.8, 4) is 0 Å². The maximum absolute atomic E-state index is 12.9. The van der Waals surface area contributed by atoms with Gasteiger partial charge in [0.25, 0.3) is 0 Å². The summed E-state index contributed by atoms with van der Waals surface area (Å²) >= 11 is 0. The van der Waals surface area contributed by atoms with Crippen LogP contribution < -0.4 is 0 Å². The predicted octanol–water partition coefficient (Wildman–Crippen LogP) is 1.51. The van der Waals surface area contributed by atoms with E-state index in [4.69, 9.17) is 9.84 Å². The standard InChI is InChI=1S/C19H25NO6S/c21-18(8-5-14-3-6-15(7-4-14)19(22)23)20(12-17-2-1-10-26-17)16-9-11-27(24,25)13-16/h3-4,6-7,16-17H,1-2,5,8-13H2,(H,22,23). The van der Waals surface area contributed by atoms with Crippen LogP contribution in [-0.2, 0) is 25.8 Å². The van der Waals surface area contributed by atoms with Gasteiger partial charge in [0.1, 0.15) is 0 Å². The minimum Gasteiger partial charge on any atom is -0.478 e. The van der Waals surface area contributed by atoms with E-state index >= 15 is 0 Å². The number of nitrogens with zero attached hydrogens (tertiary/aromatic N) is 1. The number of carbonyl (C=O) groups is 2. The lowest BCUT2D eigenvalue weighted by molar-refractivity contribution is -0.134. The van der Waals surface area contributed by atoms with Crippen molar-refractivity contribution in [2.24, 2.45) is 0 Å². The van der Waals surface area contributed by atoms with E-state index in [9.17, 15) is 18.0 Å². The van der Waals surface area contributed by atoms with E-state index in [-0.39, 0.29) is 41.5 Å². The summed E-state index contributed by atoms with van der Waals surface area (Å²) in [6, 6.07) is 6.19. The van der Waals surface area contributed by atoms with Crippen LogP contribution in [0.25, 0.3) is 0 Å². The zero-order chi connectivity index (χ0) is 19.4. The normalized spacial score (nSPS) is 24.0. The molecule has 8 heteroatoms. The Balaban J connectivity index is 1.63. The van der Waals surface area contributed by atoms with Crippen molar-refractivity contribution in [2.45, 2.75) is 44.2 Å². The number of hydrogen-bond donors (Lipinski definition) is 1. The molecule has 2 unspecified atom stereocenters. The van der Waals surface area contributed by atoms with Gasteiger partial charge in [0.15, 0.2) is 9.84 Å². The average molecular weight is 395 g/mol. The van der Waals surface area contributed by atoms with Crippen LogP contribution in [0.15, 0.2) is 24.3 Å². The Hall–Kier alpha value is -1.93. The van der Waals surface area contributed by atoms with Crippen molar-refractivity contribution >= 4 is 21.7 Å². The van der Waals surface area contributed by atoms with E-state index in [2.05, 4.69) is 0 Å². The number of carboxylic acid groups (broad SMARTS) is 1. The summed E-state index contributed by atoms with van der Waals surface area (Å²) in [7, 11) is -3.08. The average Bonchev–Trinajstić information content (AvgIpc) is 3.27. The van der Waals surface area contributed by atoms with Crippen molar-refractivity contribution in [1.29, 1.82) is 0 Å². The molecule has 27 heavy (non-hydrogen) atoms. The molecule has 1 aromatic rings. The second-order valence-electron chi connectivity index (χ2n) is 7.24. The van der Waals surface area contributed by atoms with Gasteiger partial charge in [-0.25, -0.2) is 13.2 Å². The fourth-order valence-corrected chi connectivity index (χ4v) is 5.42. The van der Waals surface area contributed by atoms with Gasteiger partial charge in [0.2, 0.25) is 5.91 Å². The van der Waals surface area contributed by atoms with Gasteiger partial charge in [-0.2, -0.15) is 0 Å². The first-order chi connectivity index (χ1) is 12.8. The summed E-state index contributed by atoms with van der Waals surface area (Å²) in [6.45, 7) is 1.13. The molecule has 2 saturated heterocycles. The third kappa shape index (κ3) is 5.29. The summed E-state index contributed by atoms with van der Waals surface area (Å²) in [5.41, 5.74) is 1.09. The van der Waals surface area contributed by atoms with Gasteiger partial charge in [-0.05, 0) is 43.4 Å². The lowest BCUT2D eigenvalue weighted by Gasteiger charge is -2.30. The number of ether oxygens (including phenoxy) is 1. The van der Waals surface area contributed by atoms with Gasteiger partial charge in [0.05, 0.1) is 23.2 Å². The van der Waals surface area contributed by atoms with Crippen LogP contribution in [0.3, 0.4) is 0 Å². The Morgan fingerprint density at radius 1 is 1.19 bits per heavy atom. The van der Waals surface area contributed by atoms with Gasteiger partial charge in [-0.15, -0.1) is 0 Å². The molecule has 2 aliphatic heterocycles. The number of aromatic carboxylic acids is 1. The highest BCUT2D eigenvalue weighted by Gasteiger charge is 2.36. The highest BCUT2D eigenvalue weighted by atomic mass is 32.2. The van der Waals surface area contributed by atoms with Crippen LogP contribution >= 0.6 is 0 Å². The maximum atomic E-state index is 12.9. The van der Waals surface area contributed by atoms with Crippen LogP contribution in [0.2, 0.25) is 0 Å². The number of benzene rings is 1. The van der Waals surface area contributed by atoms with Gasteiger partial charge >= 0.3 is 5.97 Å². The molecule has 7 nitrogen and oxygen atoms in total. The van der Waals surface area contributed by atoms with Gasteiger partial charge < -0.3 is 14.7 Å². The van der Waals surface area contributed by atoms with E-state index in [1.54, 1.807) is 17.0 Å². The first kappa shape index (κ1) is 19.8. The zero-order valence-corrected chi connectivity index (χ0v) is 16.0. The molecule has 0 spiro atoms. The molecular weight excluding hydrogens is 370 g/mol. The van der Waals surface area contributed by atoms with Gasteiger partial charge in [0, 0.05) is 25.6 Å². The fraction of sp³-hybridized carbons (Fsp3) is 0.579. The smallest absolute Gasteiger partial charge is 0.335 e. The Morgan fingerprint density at radius 2 is 1.93 bits per heavy atom. The highest BCUT2D eigenvalue weighted by molar-refractivity contribution is 7.91. The van der Waals surface area contributed by atoms with Crippen LogP contribution in [0, 0.1) is 0 Å². The van der Waals surface area contributed by atoms with E-state index in [0.717, 1.165) is 18.4 Å². The fourth-order valence-electron chi connectivity index (χ4n) is 3.69. The Labute approximate surface area is 159 Å². The number of sulfone groups is 1. The number of aryl methyl sites for hydroxylation is 1. The van der Waals surface area contributed by atoms with Gasteiger partial charge in [-0.1, -0.05) is 12.1 Å². The van der Waals surface area contributed by atoms with Crippen LogP contribution in [-0.4, -0.2) is 67.1 Å². The van der Waals surface area contributed by atoms with E-state index in [0.29, 0.717) is 26.0 Å². The molecule has 0 bridgehead atoms. The van der Waals surface area contributed by atoms with Crippen LogP contribution in [0.4, 0.5) is 0 Å². The van der Waals surface area contributed by atoms with Crippen molar-refractivity contribution in [1.82, 2.24) is 4.90 Å². The van der Waals surface area contributed by atoms with Crippen molar-refractivity contribution < 1.29 is 27.9 Å². The number of hydrogen-bond acceptors (Lipinski definition) is 5. The number of amides is 1. The van der Waals surface area contributed by atoms with Crippen LogP contribution in [0.1, 0.15) is 41.6 Å². The lowest BCUT2D eigenvalue weighted by atomic mass is 10.1. The predicted molar refractivity (Wildman–Crippen MR) is 99.5 cm³/mol. The topological polar surface area (TPSA) is 101 Å².